The average Bonchev–Trinajstić information content (AvgIpc) is 2.27. The number of amides is 1. The molecule has 2 rings (SSSR count). The van der Waals surface area contributed by atoms with E-state index in [9.17, 15) is 4.79 Å². The molecule has 1 aliphatic rings. The summed E-state index contributed by atoms with van der Waals surface area (Å²) in [6.45, 7) is 5.89. The van der Waals surface area contributed by atoms with Crippen LogP contribution >= 0.6 is 11.6 Å². The lowest BCUT2D eigenvalue weighted by Crippen LogP contribution is -2.49. The van der Waals surface area contributed by atoms with Gasteiger partial charge in [0.05, 0.1) is 6.04 Å². The molecule has 0 radical (unpaired) electrons. The monoisotopic (exact) mass is 266 g/mol. The van der Waals surface area contributed by atoms with Crippen LogP contribution in [0.4, 0.5) is 0 Å². The first-order chi connectivity index (χ1) is 8.58. The molecule has 18 heavy (non-hydrogen) atoms. The van der Waals surface area contributed by atoms with E-state index in [1.54, 1.807) is 0 Å². The third-order valence-electron chi connectivity index (χ3n) is 3.66. The van der Waals surface area contributed by atoms with E-state index in [1.165, 1.54) is 0 Å². The standard InChI is InChI=1S/C14H19ClN2O/c1-9(12-7-16-8-12)14(18)17-10(2)11-3-5-13(15)6-4-11/h3-6,9-10,12,16H,7-8H2,1-2H3,(H,17,18)/t9?,10-/m1/s1. The molecule has 0 spiro atoms. The topological polar surface area (TPSA) is 41.1 Å². The van der Waals surface area contributed by atoms with Gasteiger partial charge in [-0.3, -0.25) is 4.79 Å². The van der Waals surface area contributed by atoms with E-state index in [-0.39, 0.29) is 17.9 Å². The first kappa shape index (κ1) is 13.4. The lowest BCUT2D eigenvalue weighted by atomic mass is 9.88. The molecule has 0 saturated carbocycles. The molecule has 1 aliphatic heterocycles. The smallest absolute Gasteiger partial charge is 0.223 e. The van der Waals surface area contributed by atoms with Crippen molar-refractivity contribution in [2.24, 2.45) is 11.8 Å². The minimum atomic E-state index is 0.0188. The molecule has 1 fully saturated rings. The van der Waals surface area contributed by atoms with Crippen LogP contribution in [0.3, 0.4) is 0 Å². The van der Waals surface area contributed by atoms with Crippen LogP contribution in [0.2, 0.25) is 5.02 Å². The van der Waals surface area contributed by atoms with E-state index >= 15 is 0 Å². The molecule has 2 atom stereocenters. The predicted octanol–water partition coefficient (Wildman–Crippen LogP) is 2.37. The van der Waals surface area contributed by atoms with E-state index < -0.39 is 0 Å². The van der Waals surface area contributed by atoms with E-state index in [2.05, 4.69) is 10.6 Å². The summed E-state index contributed by atoms with van der Waals surface area (Å²) in [6, 6.07) is 7.61. The number of carbonyl (C=O) groups excluding carboxylic acids is 1. The molecule has 0 aliphatic carbocycles. The number of benzene rings is 1. The minimum Gasteiger partial charge on any atom is -0.349 e. The highest BCUT2D eigenvalue weighted by Crippen LogP contribution is 2.19. The van der Waals surface area contributed by atoms with Crippen molar-refractivity contribution < 1.29 is 4.79 Å². The number of hydrogen-bond acceptors (Lipinski definition) is 2. The third kappa shape index (κ3) is 3.03. The molecule has 1 heterocycles. The Labute approximate surface area is 113 Å². The Morgan fingerprint density at radius 1 is 1.33 bits per heavy atom. The van der Waals surface area contributed by atoms with Crippen LogP contribution in [0.5, 0.6) is 0 Å². The zero-order valence-electron chi connectivity index (χ0n) is 10.7. The van der Waals surface area contributed by atoms with Crippen molar-refractivity contribution in [1.29, 1.82) is 0 Å². The van der Waals surface area contributed by atoms with Crippen LogP contribution in [0.1, 0.15) is 25.5 Å². The van der Waals surface area contributed by atoms with Gasteiger partial charge in [0.1, 0.15) is 0 Å². The molecular formula is C14H19ClN2O. The van der Waals surface area contributed by atoms with Crippen LogP contribution in [0.25, 0.3) is 0 Å². The number of halogens is 1. The SMILES string of the molecule is CC(C(=O)N[C@H](C)c1ccc(Cl)cc1)C1CNC1. The molecule has 1 aromatic rings. The Bertz CT molecular complexity index is 414. The Hall–Kier alpha value is -1.06. The van der Waals surface area contributed by atoms with Crippen molar-refractivity contribution in [2.45, 2.75) is 19.9 Å². The van der Waals surface area contributed by atoms with Gasteiger partial charge in [-0.15, -0.1) is 0 Å². The summed E-state index contributed by atoms with van der Waals surface area (Å²) in [5, 5.41) is 6.96. The molecule has 3 nitrogen and oxygen atoms in total. The van der Waals surface area contributed by atoms with Crippen molar-refractivity contribution in [3.05, 3.63) is 34.9 Å². The highest BCUT2D eigenvalue weighted by atomic mass is 35.5. The normalized spacial score (nSPS) is 18.8. The molecule has 98 valence electrons. The van der Waals surface area contributed by atoms with Crippen LogP contribution < -0.4 is 10.6 Å². The van der Waals surface area contributed by atoms with Gasteiger partial charge in [-0.2, -0.15) is 0 Å². The molecular weight excluding hydrogens is 248 g/mol. The fourth-order valence-electron chi connectivity index (χ4n) is 2.06. The first-order valence-corrected chi connectivity index (χ1v) is 6.72. The molecule has 1 aromatic carbocycles. The number of carbonyl (C=O) groups is 1. The molecule has 2 N–H and O–H groups in total. The summed E-state index contributed by atoms with van der Waals surface area (Å²) in [6.07, 6.45) is 0. The van der Waals surface area contributed by atoms with Gasteiger partial charge in [0.25, 0.3) is 0 Å². The van der Waals surface area contributed by atoms with Crippen molar-refractivity contribution >= 4 is 17.5 Å². The van der Waals surface area contributed by atoms with E-state index in [4.69, 9.17) is 11.6 Å². The molecule has 1 amide bonds. The quantitative estimate of drug-likeness (QED) is 0.879. The maximum absolute atomic E-state index is 12.1. The molecule has 1 saturated heterocycles. The van der Waals surface area contributed by atoms with Crippen molar-refractivity contribution in [3.63, 3.8) is 0 Å². The van der Waals surface area contributed by atoms with Crippen molar-refractivity contribution in [2.75, 3.05) is 13.1 Å². The highest BCUT2D eigenvalue weighted by Gasteiger charge is 2.29. The highest BCUT2D eigenvalue weighted by molar-refractivity contribution is 6.30. The maximum atomic E-state index is 12.1. The second-order valence-electron chi connectivity index (χ2n) is 4.99. The summed E-state index contributed by atoms with van der Waals surface area (Å²) < 4.78 is 0. The molecule has 1 unspecified atom stereocenters. The van der Waals surface area contributed by atoms with Gasteiger partial charge >= 0.3 is 0 Å². The minimum absolute atomic E-state index is 0.0188. The zero-order valence-corrected chi connectivity index (χ0v) is 11.5. The van der Waals surface area contributed by atoms with E-state index in [0.29, 0.717) is 10.9 Å². The Morgan fingerprint density at radius 2 is 1.94 bits per heavy atom. The average molecular weight is 267 g/mol. The van der Waals surface area contributed by atoms with Crippen LogP contribution in [-0.2, 0) is 4.79 Å². The van der Waals surface area contributed by atoms with Crippen molar-refractivity contribution in [1.82, 2.24) is 10.6 Å². The summed E-state index contributed by atoms with van der Waals surface area (Å²) in [7, 11) is 0. The van der Waals surface area contributed by atoms with Gasteiger partial charge < -0.3 is 10.6 Å². The second kappa shape index (κ2) is 5.72. The maximum Gasteiger partial charge on any atom is 0.223 e. The number of nitrogens with one attached hydrogen (secondary N) is 2. The molecule has 4 heteroatoms. The number of hydrogen-bond donors (Lipinski definition) is 2. The second-order valence-corrected chi connectivity index (χ2v) is 5.43. The molecule has 0 bridgehead atoms. The molecule has 0 aromatic heterocycles. The Morgan fingerprint density at radius 3 is 2.44 bits per heavy atom. The van der Waals surface area contributed by atoms with E-state index in [1.807, 2.05) is 38.1 Å². The summed E-state index contributed by atoms with van der Waals surface area (Å²) in [5.74, 6) is 0.673. The number of rotatable bonds is 4. The Balaban J connectivity index is 1.91. The summed E-state index contributed by atoms with van der Waals surface area (Å²) in [4.78, 5) is 12.1. The summed E-state index contributed by atoms with van der Waals surface area (Å²) >= 11 is 5.85. The third-order valence-corrected chi connectivity index (χ3v) is 3.91. The first-order valence-electron chi connectivity index (χ1n) is 6.34. The lowest BCUT2D eigenvalue weighted by Gasteiger charge is -2.32. The van der Waals surface area contributed by atoms with Gasteiger partial charge in [0.15, 0.2) is 0 Å². The van der Waals surface area contributed by atoms with Crippen LogP contribution in [-0.4, -0.2) is 19.0 Å². The van der Waals surface area contributed by atoms with Gasteiger partial charge in [-0.05, 0) is 43.6 Å². The predicted molar refractivity (Wildman–Crippen MR) is 73.5 cm³/mol. The largest absolute Gasteiger partial charge is 0.349 e. The van der Waals surface area contributed by atoms with Crippen LogP contribution in [0.15, 0.2) is 24.3 Å². The zero-order chi connectivity index (χ0) is 13.1. The van der Waals surface area contributed by atoms with Crippen LogP contribution in [0, 0.1) is 11.8 Å². The fraction of sp³-hybridized carbons (Fsp3) is 0.500. The fourth-order valence-corrected chi connectivity index (χ4v) is 2.18. The van der Waals surface area contributed by atoms with Gasteiger partial charge in [0, 0.05) is 10.9 Å². The van der Waals surface area contributed by atoms with Gasteiger partial charge in [-0.25, -0.2) is 0 Å². The Kier molecular flexibility index (Phi) is 4.25. The van der Waals surface area contributed by atoms with Gasteiger partial charge in [-0.1, -0.05) is 30.7 Å². The van der Waals surface area contributed by atoms with Crippen molar-refractivity contribution in [3.8, 4) is 0 Å². The summed E-state index contributed by atoms with van der Waals surface area (Å²) in [5.41, 5.74) is 1.08. The lowest BCUT2D eigenvalue weighted by molar-refractivity contribution is -0.127. The van der Waals surface area contributed by atoms with E-state index in [0.717, 1.165) is 18.7 Å². The van der Waals surface area contributed by atoms with Gasteiger partial charge in [0.2, 0.25) is 5.91 Å².